The Labute approximate surface area is 153 Å². The van der Waals surface area contributed by atoms with Crippen molar-refractivity contribution in [2.24, 2.45) is 0 Å². The minimum absolute atomic E-state index is 0.162. The van der Waals surface area contributed by atoms with E-state index < -0.39 is 12.2 Å². The van der Waals surface area contributed by atoms with E-state index in [1.165, 1.54) is 0 Å². The monoisotopic (exact) mass is 350 g/mol. The lowest BCUT2D eigenvalue weighted by atomic mass is 10.1. The minimum atomic E-state index is -0.819. The van der Waals surface area contributed by atoms with Crippen LogP contribution in [0.5, 0.6) is 0 Å². The van der Waals surface area contributed by atoms with Crippen molar-refractivity contribution in [2.75, 3.05) is 7.05 Å². The second-order valence-corrected chi connectivity index (χ2v) is 6.20. The fourth-order valence-corrected chi connectivity index (χ4v) is 2.95. The first kappa shape index (κ1) is 17.7. The molecule has 2 amide bonds. The summed E-state index contributed by atoms with van der Waals surface area (Å²) in [5.41, 5.74) is 1.99. The molecule has 0 radical (unpaired) electrons. The van der Waals surface area contributed by atoms with Crippen molar-refractivity contribution in [3.63, 3.8) is 0 Å². The molecule has 1 heterocycles. The Morgan fingerprint density at radius 2 is 1.77 bits per heavy atom. The van der Waals surface area contributed by atoms with E-state index in [4.69, 9.17) is 4.74 Å². The van der Waals surface area contributed by atoms with Crippen LogP contribution in [0.25, 0.3) is 0 Å². The van der Waals surface area contributed by atoms with E-state index in [0.717, 1.165) is 11.1 Å². The molecule has 0 saturated carbocycles. The number of benzene rings is 2. The molecule has 3 rings (SSSR count). The van der Waals surface area contributed by atoms with Crippen LogP contribution in [-0.4, -0.2) is 30.1 Å². The maximum atomic E-state index is 12.7. The van der Waals surface area contributed by atoms with Gasteiger partial charge in [0.25, 0.3) is 5.91 Å². The molecule has 5 nitrogen and oxygen atoms in total. The van der Waals surface area contributed by atoms with Gasteiger partial charge in [-0.05, 0) is 11.1 Å². The molecule has 2 aromatic rings. The Morgan fingerprint density at radius 3 is 2.46 bits per heavy atom. The highest BCUT2D eigenvalue weighted by Crippen LogP contribution is 2.25. The third kappa shape index (κ3) is 4.30. The van der Waals surface area contributed by atoms with Gasteiger partial charge in [-0.3, -0.25) is 4.79 Å². The van der Waals surface area contributed by atoms with Crippen molar-refractivity contribution >= 4 is 12.0 Å². The lowest BCUT2D eigenvalue weighted by molar-refractivity contribution is -0.139. The predicted octanol–water partition coefficient (Wildman–Crippen LogP) is 3.44. The summed E-state index contributed by atoms with van der Waals surface area (Å²) in [6.07, 6.45) is 2.82. The van der Waals surface area contributed by atoms with E-state index in [2.05, 4.69) is 5.32 Å². The molecule has 0 spiro atoms. The van der Waals surface area contributed by atoms with Gasteiger partial charge in [-0.2, -0.15) is 0 Å². The predicted molar refractivity (Wildman–Crippen MR) is 99.3 cm³/mol. The average molecular weight is 350 g/mol. The number of carbonyl (C=O) groups is 2. The zero-order chi connectivity index (χ0) is 18.4. The van der Waals surface area contributed by atoms with Crippen LogP contribution in [0.2, 0.25) is 0 Å². The van der Waals surface area contributed by atoms with Crippen molar-refractivity contribution in [3.8, 4) is 0 Å². The van der Waals surface area contributed by atoms with Crippen LogP contribution in [0, 0.1) is 0 Å². The van der Waals surface area contributed by atoms with Gasteiger partial charge in [0, 0.05) is 20.0 Å². The highest BCUT2D eigenvalue weighted by molar-refractivity contribution is 5.84. The van der Waals surface area contributed by atoms with Crippen LogP contribution in [0.15, 0.2) is 72.8 Å². The summed E-state index contributed by atoms with van der Waals surface area (Å²) >= 11 is 0. The normalized spacial score (nSPS) is 19.7. The Hall–Kier alpha value is -3.08. The first-order valence-corrected chi connectivity index (χ1v) is 8.62. The molecule has 2 aromatic carbocycles. The molecule has 1 aliphatic rings. The molecule has 0 fully saturated rings. The van der Waals surface area contributed by atoms with Crippen LogP contribution in [0.4, 0.5) is 4.79 Å². The number of nitrogens with zero attached hydrogens (tertiary/aromatic N) is 1. The number of hydrogen-bond donors (Lipinski definition) is 1. The topological polar surface area (TPSA) is 58.6 Å². The average Bonchev–Trinajstić information content (AvgIpc) is 2.81. The third-order valence-electron chi connectivity index (χ3n) is 4.38. The Kier molecular flexibility index (Phi) is 5.69. The summed E-state index contributed by atoms with van der Waals surface area (Å²) < 4.78 is 5.37. The van der Waals surface area contributed by atoms with Gasteiger partial charge < -0.3 is 15.0 Å². The first-order valence-electron chi connectivity index (χ1n) is 8.62. The van der Waals surface area contributed by atoms with Gasteiger partial charge in [0.2, 0.25) is 0 Å². The molecule has 134 valence electrons. The summed E-state index contributed by atoms with van der Waals surface area (Å²) in [6, 6.07) is 19.2. The number of alkyl carbamates (subject to hydrolysis) is 1. The molecule has 0 unspecified atom stereocenters. The van der Waals surface area contributed by atoms with E-state index in [1.807, 2.05) is 72.8 Å². The molecule has 0 saturated heterocycles. The fraction of sp³-hybridized carbons (Fsp3) is 0.238. The van der Waals surface area contributed by atoms with Gasteiger partial charge in [-0.25, -0.2) is 4.79 Å². The van der Waals surface area contributed by atoms with Crippen molar-refractivity contribution in [2.45, 2.75) is 25.1 Å². The molecule has 0 aliphatic carbocycles. The van der Waals surface area contributed by atoms with Crippen molar-refractivity contribution < 1.29 is 14.3 Å². The lowest BCUT2D eigenvalue weighted by Crippen LogP contribution is -2.41. The number of amides is 2. The molecular formula is C21H22N2O3. The van der Waals surface area contributed by atoms with Crippen molar-refractivity contribution in [1.82, 2.24) is 10.2 Å². The van der Waals surface area contributed by atoms with Gasteiger partial charge in [-0.1, -0.05) is 72.8 Å². The van der Waals surface area contributed by atoms with Gasteiger partial charge in [0.05, 0.1) is 6.04 Å². The van der Waals surface area contributed by atoms with E-state index >= 15 is 0 Å². The minimum Gasteiger partial charge on any atom is -0.436 e. The van der Waals surface area contributed by atoms with Crippen molar-refractivity contribution in [3.05, 3.63) is 83.9 Å². The third-order valence-corrected chi connectivity index (χ3v) is 4.38. The summed E-state index contributed by atoms with van der Waals surface area (Å²) in [5.74, 6) is -0.210. The first-order chi connectivity index (χ1) is 12.6. The molecule has 1 N–H and O–H groups in total. The summed E-state index contributed by atoms with van der Waals surface area (Å²) in [4.78, 5) is 26.4. The van der Waals surface area contributed by atoms with Gasteiger partial charge >= 0.3 is 6.09 Å². The summed E-state index contributed by atoms with van der Waals surface area (Å²) in [6.45, 7) is 0.360. The highest BCUT2D eigenvalue weighted by Gasteiger charge is 2.31. The zero-order valence-corrected chi connectivity index (χ0v) is 14.7. The quantitative estimate of drug-likeness (QED) is 0.860. The van der Waals surface area contributed by atoms with Crippen LogP contribution in [-0.2, 0) is 16.1 Å². The molecular weight excluding hydrogens is 328 g/mol. The number of ether oxygens (including phenoxy) is 1. The number of carbonyl (C=O) groups excluding carboxylic acids is 2. The summed E-state index contributed by atoms with van der Waals surface area (Å²) in [5, 5.41) is 2.69. The van der Waals surface area contributed by atoms with E-state index in [9.17, 15) is 9.59 Å². The Morgan fingerprint density at radius 1 is 1.12 bits per heavy atom. The van der Waals surface area contributed by atoms with Crippen LogP contribution in [0.1, 0.15) is 23.6 Å². The summed E-state index contributed by atoms with van der Waals surface area (Å²) in [7, 11) is 1.73. The number of hydrogen-bond acceptors (Lipinski definition) is 3. The van der Waals surface area contributed by atoms with Gasteiger partial charge in [0.15, 0.2) is 6.10 Å². The largest absolute Gasteiger partial charge is 0.436 e. The maximum Gasteiger partial charge on any atom is 0.408 e. The second-order valence-electron chi connectivity index (χ2n) is 6.20. The van der Waals surface area contributed by atoms with E-state index in [0.29, 0.717) is 13.0 Å². The smallest absolute Gasteiger partial charge is 0.408 e. The van der Waals surface area contributed by atoms with Crippen LogP contribution >= 0.6 is 0 Å². The number of likely N-dealkylation sites (N-methyl/N-ethyl adjacent to an activating group) is 1. The Bertz CT molecular complexity index is 774. The zero-order valence-electron chi connectivity index (χ0n) is 14.7. The van der Waals surface area contributed by atoms with E-state index in [-0.39, 0.29) is 11.9 Å². The molecule has 0 aromatic heterocycles. The molecule has 1 aliphatic heterocycles. The standard InChI is InChI=1S/C21H22N2O3/c1-23-18(17-11-6-3-7-12-17)13-8-14-19(20(23)24)26-21(25)22-15-16-9-4-2-5-10-16/h2-13,18-19H,14-15H2,1H3,(H,22,25)/t18-,19+/m1/s1. The molecule has 0 bridgehead atoms. The molecule has 2 atom stereocenters. The van der Waals surface area contributed by atoms with Crippen LogP contribution < -0.4 is 5.32 Å². The van der Waals surface area contributed by atoms with Crippen molar-refractivity contribution in [1.29, 1.82) is 0 Å². The molecule has 26 heavy (non-hydrogen) atoms. The van der Waals surface area contributed by atoms with Gasteiger partial charge in [-0.15, -0.1) is 0 Å². The number of rotatable bonds is 4. The highest BCUT2D eigenvalue weighted by atomic mass is 16.6. The van der Waals surface area contributed by atoms with E-state index in [1.54, 1.807) is 11.9 Å². The fourth-order valence-electron chi connectivity index (χ4n) is 2.95. The maximum absolute atomic E-state index is 12.7. The van der Waals surface area contributed by atoms with Crippen LogP contribution in [0.3, 0.4) is 0 Å². The van der Waals surface area contributed by atoms with Gasteiger partial charge in [0.1, 0.15) is 0 Å². The Balaban J connectivity index is 1.60. The molecule has 5 heteroatoms. The second kappa shape index (κ2) is 8.34. The lowest BCUT2D eigenvalue weighted by Gasteiger charge is -2.27. The SMILES string of the molecule is CN1C(=O)[C@@H](OC(=O)NCc2ccccc2)CC=C[C@@H]1c1ccccc1. The number of nitrogens with one attached hydrogen (secondary N) is 1.